The zero-order valence-corrected chi connectivity index (χ0v) is 23.3. The van der Waals surface area contributed by atoms with Crippen molar-refractivity contribution in [3.05, 3.63) is 89.1 Å². The average molecular weight is 569 g/mol. The molecule has 216 valence electrons. The van der Waals surface area contributed by atoms with E-state index in [1.165, 1.54) is 12.8 Å². The van der Waals surface area contributed by atoms with E-state index < -0.39 is 0 Å². The number of benzene rings is 3. The highest BCUT2D eigenvalue weighted by molar-refractivity contribution is 6.08. The third-order valence-corrected chi connectivity index (χ3v) is 7.14. The molecule has 4 aromatic rings. The van der Waals surface area contributed by atoms with Gasteiger partial charge in [0, 0.05) is 34.4 Å². The summed E-state index contributed by atoms with van der Waals surface area (Å²) in [6.45, 7) is 5.72. The van der Waals surface area contributed by atoms with Crippen LogP contribution < -0.4 is 20.1 Å². The van der Waals surface area contributed by atoms with Crippen LogP contribution in [0.25, 0.3) is 10.9 Å². The van der Waals surface area contributed by atoms with E-state index in [0.29, 0.717) is 47.2 Å². The van der Waals surface area contributed by atoms with Gasteiger partial charge in [-0.25, -0.2) is 0 Å². The summed E-state index contributed by atoms with van der Waals surface area (Å²) < 4.78 is 11.1. The van der Waals surface area contributed by atoms with E-state index in [2.05, 4.69) is 15.5 Å². The van der Waals surface area contributed by atoms with Crippen molar-refractivity contribution < 1.29 is 29.0 Å². The summed E-state index contributed by atoms with van der Waals surface area (Å²) in [6.07, 6.45) is 2.50. The lowest BCUT2D eigenvalue weighted by molar-refractivity contribution is -0.122. The van der Waals surface area contributed by atoms with Crippen LogP contribution in [0.2, 0.25) is 0 Å². The van der Waals surface area contributed by atoms with Crippen LogP contribution >= 0.6 is 0 Å². The maximum Gasteiger partial charge on any atom is 0.290 e. The van der Waals surface area contributed by atoms with E-state index in [1.807, 2.05) is 43.3 Å². The smallest absolute Gasteiger partial charge is 0.290 e. The Balaban J connectivity index is 0.00000113. The Hall–Kier alpha value is -4.96. The van der Waals surface area contributed by atoms with Crippen LogP contribution in [0.15, 0.2) is 66.7 Å². The maximum absolute atomic E-state index is 13.1. The van der Waals surface area contributed by atoms with Crippen molar-refractivity contribution >= 4 is 40.6 Å². The van der Waals surface area contributed by atoms with Gasteiger partial charge in [0.2, 0.25) is 0 Å². The Morgan fingerprint density at radius 2 is 1.57 bits per heavy atom. The first kappa shape index (κ1) is 28.6. The predicted molar refractivity (Wildman–Crippen MR) is 159 cm³/mol. The highest BCUT2D eigenvalue weighted by Crippen LogP contribution is 2.31. The average Bonchev–Trinajstić information content (AvgIpc) is 3.51. The number of hydrogen-bond acceptors (Lipinski definition) is 7. The topological polar surface area (TPSA) is 130 Å². The second-order valence-electron chi connectivity index (χ2n) is 10.1. The first-order valence-electron chi connectivity index (χ1n) is 13.8. The van der Waals surface area contributed by atoms with E-state index in [4.69, 9.17) is 24.4 Å². The van der Waals surface area contributed by atoms with Crippen LogP contribution in [-0.4, -0.2) is 59.6 Å². The first-order valence-corrected chi connectivity index (χ1v) is 13.8. The fourth-order valence-corrected chi connectivity index (χ4v) is 4.98. The number of pyridine rings is 1. The number of aromatic nitrogens is 1. The van der Waals surface area contributed by atoms with E-state index >= 15 is 0 Å². The highest BCUT2D eigenvalue weighted by Gasteiger charge is 2.17. The molecule has 3 N–H and O–H groups in total. The summed E-state index contributed by atoms with van der Waals surface area (Å²) in [6, 6.07) is 20.2. The summed E-state index contributed by atoms with van der Waals surface area (Å²) in [5.74, 6) is 0.681. The molecule has 10 nitrogen and oxygen atoms in total. The van der Waals surface area contributed by atoms with Crippen molar-refractivity contribution in [1.82, 2.24) is 9.88 Å². The number of rotatable bonds is 6. The zero-order valence-electron chi connectivity index (χ0n) is 23.3. The van der Waals surface area contributed by atoms with Crippen molar-refractivity contribution in [2.45, 2.75) is 26.3 Å². The minimum absolute atomic E-state index is 0.226. The van der Waals surface area contributed by atoms with E-state index in [9.17, 15) is 9.59 Å². The molecule has 0 saturated carbocycles. The molecule has 1 saturated heterocycles. The molecule has 3 aromatic carbocycles. The number of amides is 2. The van der Waals surface area contributed by atoms with Crippen LogP contribution in [0.4, 0.5) is 11.4 Å². The van der Waals surface area contributed by atoms with Gasteiger partial charge in [0.05, 0.1) is 11.2 Å². The van der Waals surface area contributed by atoms with Crippen molar-refractivity contribution in [3.63, 3.8) is 0 Å². The zero-order chi connectivity index (χ0) is 29.5. The number of nitrogens with zero attached hydrogens (tertiary/aromatic N) is 2. The van der Waals surface area contributed by atoms with Gasteiger partial charge in [-0.1, -0.05) is 12.1 Å². The van der Waals surface area contributed by atoms with Crippen LogP contribution in [0.5, 0.6) is 11.5 Å². The first-order chi connectivity index (χ1) is 20.4. The summed E-state index contributed by atoms with van der Waals surface area (Å²) in [5.41, 5.74) is 5.01. The Morgan fingerprint density at radius 3 is 2.36 bits per heavy atom. The number of nitrogens with one attached hydrogen (secondary N) is 2. The molecular weight excluding hydrogens is 536 g/mol. The van der Waals surface area contributed by atoms with Gasteiger partial charge in [0.15, 0.2) is 11.5 Å². The number of likely N-dealkylation sites (tertiary alicyclic amines) is 1. The molecule has 2 amide bonds. The van der Waals surface area contributed by atoms with Gasteiger partial charge < -0.3 is 25.2 Å². The van der Waals surface area contributed by atoms with Gasteiger partial charge >= 0.3 is 0 Å². The normalized spacial score (nSPS) is 14.0. The van der Waals surface area contributed by atoms with E-state index in [0.717, 1.165) is 41.8 Å². The molecule has 0 atom stereocenters. The van der Waals surface area contributed by atoms with Crippen molar-refractivity contribution in [2.75, 3.05) is 36.9 Å². The SMILES string of the molecule is Cc1ccc(NC(=O)c2ccc3c(c2)OCCO3)cc1NC(=O)c1ccc2nc(CN3CCCC3)ccc2c1.O=CO. The molecule has 10 heteroatoms. The lowest BCUT2D eigenvalue weighted by atomic mass is 10.1. The molecule has 1 aromatic heterocycles. The molecule has 2 aliphatic rings. The molecule has 0 aliphatic carbocycles. The summed E-state index contributed by atoms with van der Waals surface area (Å²) in [4.78, 5) is 41.6. The minimum Gasteiger partial charge on any atom is -0.486 e. The molecule has 1 fully saturated rings. The molecule has 0 spiro atoms. The Kier molecular flexibility index (Phi) is 8.93. The predicted octanol–water partition coefficient (Wildman–Crippen LogP) is 5.12. The Bertz CT molecular complexity index is 1620. The third-order valence-electron chi connectivity index (χ3n) is 7.14. The lowest BCUT2D eigenvalue weighted by Gasteiger charge is -2.18. The number of carbonyl (C=O) groups is 3. The van der Waals surface area contributed by atoms with E-state index in [-0.39, 0.29) is 18.3 Å². The molecule has 6 rings (SSSR count). The molecule has 0 radical (unpaired) electrons. The van der Waals surface area contributed by atoms with E-state index in [1.54, 1.807) is 30.3 Å². The lowest BCUT2D eigenvalue weighted by Crippen LogP contribution is -2.19. The number of carboxylic acid groups (broad SMARTS) is 1. The van der Waals surface area contributed by atoms with Gasteiger partial charge in [-0.3, -0.25) is 24.3 Å². The van der Waals surface area contributed by atoms with Gasteiger partial charge in [-0.15, -0.1) is 0 Å². The number of anilines is 2. The maximum atomic E-state index is 13.1. The molecule has 42 heavy (non-hydrogen) atoms. The largest absolute Gasteiger partial charge is 0.486 e. The highest BCUT2D eigenvalue weighted by atomic mass is 16.6. The molecule has 0 unspecified atom stereocenters. The monoisotopic (exact) mass is 568 g/mol. The number of aryl methyl sites for hydroxylation is 1. The fraction of sp³-hybridized carbons (Fsp3) is 0.250. The van der Waals surface area contributed by atoms with Crippen LogP contribution in [0, 0.1) is 6.92 Å². The third kappa shape index (κ3) is 6.84. The van der Waals surface area contributed by atoms with Crippen molar-refractivity contribution in [1.29, 1.82) is 0 Å². The van der Waals surface area contributed by atoms with Crippen molar-refractivity contribution in [2.24, 2.45) is 0 Å². The summed E-state index contributed by atoms with van der Waals surface area (Å²) >= 11 is 0. The standard InChI is InChI=1S/C31H30N4O4.CH2O2/c1-20-4-8-24(33-30(36)23-7-11-28-29(17-23)39-15-14-38-28)18-27(20)34-31(37)22-6-10-26-21(16-22)5-9-25(32-26)19-35-12-2-3-13-35;2-1-3/h4-11,16-18H,2-3,12-15,19H2,1H3,(H,33,36)(H,34,37);1H,(H,2,3). The van der Waals surface area contributed by atoms with Crippen LogP contribution in [-0.2, 0) is 11.3 Å². The fourth-order valence-electron chi connectivity index (χ4n) is 4.98. The van der Waals surface area contributed by atoms with Crippen LogP contribution in [0.1, 0.15) is 44.8 Å². The number of hydrogen-bond donors (Lipinski definition) is 3. The van der Waals surface area contributed by atoms with Gasteiger partial charge in [-0.05, 0) is 93.0 Å². The van der Waals surface area contributed by atoms with Gasteiger partial charge in [-0.2, -0.15) is 0 Å². The number of fused-ring (bicyclic) bond motifs is 2. The van der Waals surface area contributed by atoms with Crippen LogP contribution in [0.3, 0.4) is 0 Å². The molecule has 0 bridgehead atoms. The quantitative estimate of drug-likeness (QED) is 0.274. The Morgan fingerprint density at radius 1 is 0.881 bits per heavy atom. The second-order valence-corrected chi connectivity index (χ2v) is 10.1. The van der Waals surface area contributed by atoms with Gasteiger partial charge in [0.1, 0.15) is 13.2 Å². The van der Waals surface area contributed by atoms with Crippen molar-refractivity contribution in [3.8, 4) is 11.5 Å². The summed E-state index contributed by atoms with van der Waals surface area (Å²) in [7, 11) is 0. The Labute approximate surface area is 243 Å². The molecule has 2 aliphatic heterocycles. The molecular formula is C32H32N4O6. The second kappa shape index (κ2) is 13.1. The number of carbonyl (C=O) groups excluding carboxylic acids is 2. The molecule has 3 heterocycles. The minimum atomic E-state index is -0.278. The number of ether oxygens (including phenoxy) is 2. The van der Waals surface area contributed by atoms with Gasteiger partial charge in [0.25, 0.3) is 18.3 Å². The summed E-state index contributed by atoms with van der Waals surface area (Å²) in [5, 5.41) is 13.7.